The Balaban J connectivity index is -0.000000209. The van der Waals surface area contributed by atoms with Crippen LogP contribution in [0.3, 0.4) is 0 Å². The Labute approximate surface area is 104 Å². The van der Waals surface area contributed by atoms with Crippen LogP contribution in [-0.2, 0) is 0 Å². The van der Waals surface area contributed by atoms with Crippen LogP contribution in [0.5, 0.6) is 0 Å². The molecule has 0 amide bonds. The molecule has 0 spiro atoms. The van der Waals surface area contributed by atoms with E-state index in [0.717, 1.165) is 6.42 Å². The first kappa shape index (κ1) is 20.1. The van der Waals surface area contributed by atoms with Gasteiger partial charge in [0.05, 0.1) is 0 Å². The van der Waals surface area contributed by atoms with Gasteiger partial charge in [-0.15, -0.1) is 0 Å². The molecular formula is C13H29Li. The number of hydrogen-bond acceptors (Lipinski definition) is 0. The van der Waals surface area contributed by atoms with E-state index >= 15 is 0 Å². The van der Waals surface area contributed by atoms with Crippen molar-refractivity contribution < 1.29 is 18.9 Å². The van der Waals surface area contributed by atoms with E-state index in [1.54, 1.807) is 0 Å². The summed E-state index contributed by atoms with van der Waals surface area (Å²) in [5, 5.41) is 0. The molecule has 0 N–H and O–H groups in total. The molecule has 0 aromatic rings. The maximum atomic E-state index is 3.60. The predicted octanol–water partition coefficient (Wildman–Crippen LogP) is 2.38. The molecule has 0 aromatic heterocycles. The Morgan fingerprint density at radius 2 is 0.929 bits per heavy atom. The Bertz CT molecular complexity index is 54.3. The summed E-state index contributed by atoms with van der Waals surface area (Å²) in [6.45, 7) is 10.2. The molecule has 0 bridgehead atoms. The standard InChI is InChI=1S/C9H20.C4H9.Li/c1-3-5-7-9-8-6-4-2;1-3-4-2;/h3-9H2,1-2H3;1,3-4H2,2H3;/q;-1;+1. The van der Waals surface area contributed by atoms with Gasteiger partial charge in [-0.25, -0.2) is 0 Å². The van der Waals surface area contributed by atoms with Crippen molar-refractivity contribution in [2.75, 3.05) is 0 Å². The quantitative estimate of drug-likeness (QED) is 0.330. The van der Waals surface area contributed by atoms with E-state index < -0.39 is 0 Å². The molecule has 0 aliphatic carbocycles. The fourth-order valence-corrected chi connectivity index (χ4v) is 1.03. The van der Waals surface area contributed by atoms with E-state index in [1.165, 1.54) is 51.4 Å². The molecule has 0 aromatic carbocycles. The minimum absolute atomic E-state index is 0. The van der Waals surface area contributed by atoms with E-state index in [2.05, 4.69) is 27.7 Å². The topological polar surface area (TPSA) is 0 Å². The molecule has 0 atom stereocenters. The van der Waals surface area contributed by atoms with Crippen molar-refractivity contribution in [3.63, 3.8) is 0 Å². The first-order valence-corrected chi connectivity index (χ1v) is 6.12. The third-order valence-corrected chi connectivity index (χ3v) is 2.06. The van der Waals surface area contributed by atoms with Crippen LogP contribution in [0.15, 0.2) is 0 Å². The first-order valence-electron chi connectivity index (χ1n) is 6.12. The van der Waals surface area contributed by atoms with Crippen LogP contribution in [-0.4, -0.2) is 0 Å². The smallest absolute Gasteiger partial charge is 0.343 e. The van der Waals surface area contributed by atoms with Gasteiger partial charge in [0.25, 0.3) is 0 Å². The molecule has 0 aliphatic rings. The molecule has 0 saturated heterocycles. The summed E-state index contributed by atoms with van der Waals surface area (Å²) in [6, 6.07) is 0. The van der Waals surface area contributed by atoms with Crippen molar-refractivity contribution >= 4 is 0 Å². The van der Waals surface area contributed by atoms with Crippen molar-refractivity contribution in [3.05, 3.63) is 6.92 Å². The Hall–Kier alpha value is 0.597. The van der Waals surface area contributed by atoms with Gasteiger partial charge in [-0.1, -0.05) is 72.1 Å². The van der Waals surface area contributed by atoms with Crippen molar-refractivity contribution in [2.45, 2.75) is 78.6 Å². The third kappa shape index (κ3) is 29.4. The summed E-state index contributed by atoms with van der Waals surface area (Å²) in [4.78, 5) is 0. The summed E-state index contributed by atoms with van der Waals surface area (Å²) < 4.78 is 0. The maximum Gasteiger partial charge on any atom is 1.00 e. The number of unbranched alkanes of at least 4 members (excludes halogenated alkanes) is 7. The molecule has 14 heavy (non-hydrogen) atoms. The Kier molecular flexibility index (Phi) is 33.6. The molecule has 1 heteroatoms. The SMILES string of the molecule is CCCCCCCCC.[CH2-]CCC.[Li+]. The van der Waals surface area contributed by atoms with Crippen molar-refractivity contribution in [1.82, 2.24) is 0 Å². The molecular weight excluding hydrogens is 163 g/mol. The summed E-state index contributed by atoms with van der Waals surface area (Å²) in [5.41, 5.74) is 0. The molecule has 0 heterocycles. The van der Waals surface area contributed by atoms with Gasteiger partial charge in [0, 0.05) is 0 Å². The van der Waals surface area contributed by atoms with E-state index in [0.29, 0.717) is 0 Å². The average molecular weight is 192 g/mol. The number of hydrogen-bond donors (Lipinski definition) is 0. The summed E-state index contributed by atoms with van der Waals surface area (Å²) in [6.07, 6.45) is 12.3. The third-order valence-electron chi connectivity index (χ3n) is 2.06. The number of rotatable bonds is 7. The van der Waals surface area contributed by atoms with E-state index in [1.807, 2.05) is 0 Å². The van der Waals surface area contributed by atoms with Crippen LogP contribution < -0.4 is 18.9 Å². The minimum Gasteiger partial charge on any atom is -0.343 e. The maximum absolute atomic E-state index is 3.60. The van der Waals surface area contributed by atoms with Crippen LogP contribution >= 0.6 is 0 Å². The van der Waals surface area contributed by atoms with Crippen molar-refractivity contribution in [2.24, 2.45) is 0 Å². The fraction of sp³-hybridized carbons (Fsp3) is 0.923. The molecule has 0 fully saturated rings. The van der Waals surface area contributed by atoms with Gasteiger partial charge >= 0.3 is 18.9 Å². The summed E-state index contributed by atoms with van der Waals surface area (Å²) in [5.74, 6) is 0. The Morgan fingerprint density at radius 3 is 1.14 bits per heavy atom. The molecule has 0 saturated carbocycles. The first-order chi connectivity index (χ1) is 6.33. The summed E-state index contributed by atoms with van der Waals surface area (Å²) >= 11 is 0. The molecule has 0 rings (SSSR count). The van der Waals surface area contributed by atoms with Crippen LogP contribution in [0, 0.1) is 6.92 Å². The molecule has 0 aliphatic heterocycles. The van der Waals surface area contributed by atoms with Gasteiger partial charge in [0.1, 0.15) is 0 Å². The molecule has 0 radical (unpaired) electrons. The normalized spacial score (nSPS) is 8.57. The van der Waals surface area contributed by atoms with Gasteiger partial charge in [0.2, 0.25) is 0 Å². The van der Waals surface area contributed by atoms with Crippen LogP contribution in [0.4, 0.5) is 0 Å². The zero-order valence-corrected chi connectivity index (χ0v) is 11.1. The summed E-state index contributed by atoms with van der Waals surface area (Å²) in [7, 11) is 0. The van der Waals surface area contributed by atoms with Gasteiger partial charge in [-0.05, 0) is 0 Å². The van der Waals surface area contributed by atoms with E-state index in [9.17, 15) is 0 Å². The second-order valence-corrected chi connectivity index (χ2v) is 3.62. The zero-order chi connectivity index (χ0) is 10.4. The van der Waals surface area contributed by atoms with Gasteiger partial charge in [-0.3, -0.25) is 0 Å². The van der Waals surface area contributed by atoms with E-state index in [-0.39, 0.29) is 18.9 Å². The van der Waals surface area contributed by atoms with Gasteiger partial charge < -0.3 is 6.92 Å². The van der Waals surface area contributed by atoms with Crippen molar-refractivity contribution in [1.29, 1.82) is 0 Å². The van der Waals surface area contributed by atoms with E-state index in [4.69, 9.17) is 0 Å². The second kappa shape index (κ2) is 23.4. The fourth-order valence-electron chi connectivity index (χ4n) is 1.03. The zero-order valence-electron chi connectivity index (χ0n) is 11.1. The van der Waals surface area contributed by atoms with Crippen LogP contribution in [0.1, 0.15) is 78.6 Å². The Morgan fingerprint density at radius 1 is 0.643 bits per heavy atom. The van der Waals surface area contributed by atoms with Crippen LogP contribution in [0.2, 0.25) is 0 Å². The molecule has 0 nitrogen and oxygen atoms in total. The average Bonchev–Trinajstić information content (AvgIpc) is 2.18. The predicted molar refractivity (Wildman–Crippen MR) is 63.9 cm³/mol. The van der Waals surface area contributed by atoms with Gasteiger partial charge in [0.15, 0.2) is 0 Å². The van der Waals surface area contributed by atoms with Gasteiger partial charge in [-0.2, -0.15) is 6.42 Å². The second-order valence-electron chi connectivity index (χ2n) is 3.62. The monoisotopic (exact) mass is 192 g/mol. The minimum atomic E-state index is 0. The largest absolute Gasteiger partial charge is 1.00 e. The molecule has 82 valence electrons. The van der Waals surface area contributed by atoms with Crippen molar-refractivity contribution in [3.8, 4) is 0 Å². The molecule has 0 unspecified atom stereocenters. The van der Waals surface area contributed by atoms with Crippen LogP contribution in [0.25, 0.3) is 0 Å².